The van der Waals surface area contributed by atoms with Crippen LogP contribution in [0.15, 0.2) is 18.3 Å². The van der Waals surface area contributed by atoms with Crippen molar-refractivity contribution in [1.29, 1.82) is 0 Å². The number of carbonyl (C=O) groups is 1. The fourth-order valence-corrected chi connectivity index (χ4v) is 1.76. The Balaban J connectivity index is 2.02. The van der Waals surface area contributed by atoms with Crippen molar-refractivity contribution in [2.45, 2.75) is 24.9 Å². The third kappa shape index (κ3) is 2.14. The Bertz CT molecular complexity index is 383. The third-order valence-electron chi connectivity index (χ3n) is 3.01. The van der Waals surface area contributed by atoms with Gasteiger partial charge >= 0.3 is 6.03 Å². The predicted molar refractivity (Wildman–Crippen MR) is 60.6 cm³/mol. The second kappa shape index (κ2) is 4.09. The van der Waals surface area contributed by atoms with Crippen LogP contribution in [-0.4, -0.2) is 18.1 Å². The highest BCUT2D eigenvalue weighted by atomic mass is 16.2. The number of nitrogens with two attached hydrogens (primary N) is 1. The molecule has 0 aromatic carbocycles. The van der Waals surface area contributed by atoms with Crippen LogP contribution in [-0.2, 0) is 12.1 Å². The number of hydrogen-bond donors (Lipinski definition) is 3. The lowest BCUT2D eigenvalue weighted by molar-refractivity contribution is 0.248. The molecule has 0 radical (unpaired) electrons. The first-order chi connectivity index (χ1) is 7.66. The molecule has 5 nitrogen and oxygen atoms in total. The first kappa shape index (κ1) is 10.9. The van der Waals surface area contributed by atoms with Crippen molar-refractivity contribution in [3.8, 4) is 0 Å². The van der Waals surface area contributed by atoms with E-state index < -0.39 is 6.03 Å². The molecular formula is C11H16N4O. The highest BCUT2D eigenvalue weighted by Gasteiger charge is 2.43. The number of nitrogens with one attached hydrogen (secondary N) is 2. The Morgan fingerprint density at radius 2 is 2.31 bits per heavy atom. The molecule has 0 bridgehead atoms. The van der Waals surface area contributed by atoms with Crippen LogP contribution in [0.3, 0.4) is 0 Å². The molecule has 16 heavy (non-hydrogen) atoms. The third-order valence-corrected chi connectivity index (χ3v) is 3.01. The summed E-state index contributed by atoms with van der Waals surface area (Å²) >= 11 is 0. The number of urea groups is 1. The number of rotatable bonds is 4. The minimum atomic E-state index is -0.516. The van der Waals surface area contributed by atoms with Crippen molar-refractivity contribution in [2.75, 3.05) is 7.05 Å². The zero-order chi connectivity index (χ0) is 11.6. The summed E-state index contributed by atoms with van der Waals surface area (Å²) in [5.41, 5.74) is 7.10. The lowest BCUT2D eigenvalue weighted by Crippen LogP contribution is -2.29. The van der Waals surface area contributed by atoms with Crippen LogP contribution in [0.25, 0.3) is 0 Å². The summed E-state index contributed by atoms with van der Waals surface area (Å²) < 4.78 is 0. The molecule has 86 valence electrons. The lowest BCUT2D eigenvalue weighted by Gasteiger charge is -2.13. The molecule has 4 N–H and O–H groups in total. The van der Waals surface area contributed by atoms with Crippen LogP contribution in [0.1, 0.15) is 24.1 Å². The number of carbonyl (C=O) groups excluding carboxylic acids is 1. The lowest BCUT2D eigenvalue weighted by atomic mass is 10.1. The molecule has 2 amide bonds. The molecule has 1 saturated carbocycles. The van der Waals surface area contributed by atoms with Gasteiger partial charge in [0, 0.05) is 12.7 Å². The van der Waals surface area contributed by atoms with E-state index in [4.69, 9.17) is 5.73 Å². The first-order valence-corrected chi connectivity index (χ1v) is 5.34. The average Bonchev–Trinajstić information content (AvgIpc) is 3.08. The molecule has 1 aliphatic carbocycles. The molecule has 1 aliphatic rings. The van der Waals surface area contributed by atoms with Crippen molar-refractivity contribution in [3.63, 3.8) is 0 Å². The van der Waals surface area contributed by atoms with Crippen LogP contribution >= 0.6 is 0 Å². The van der Waals surface area contributed by atoms with Gasteiger partial charge in [-0.15, -0.1) is 0 Å². The summed E-state index contributed by atoms with van der Waals surface area (Å²) in [4.78, 5) is 14.9. The smallest absolute Gasteiger partial charge is 0.312 e. The molecule has 0 spiro atoms. The van der Waals surface area contributed by atoms with E-state index in [1.54, 1.807) is 6.20 Å². The Hall–Kier alpha value is -1.62. The van der Waals surface area contributed by atoms with Gasteiger partial charge in [0.25, 0.3) is 0 Å². The van der Waals surface area contributed by atoms with Crippen molar-refractivity contribution in [1.82, 2.24) is 15.6 Å². The largest absolute Gasteiger partial charge is 0.352 e. The van der Waals surface area contributed by atoms with Gasteiger partial charge < -0.3 is 16.4 Å². The molecule has 0 saturated heterocycles. The fraction of sp³-hybridized carbons (Fsp3) is 0.455. The summed E-state index contributed by atoms with van der Waals surface area (Å²) in [6, 6.07) is 3.45. The maximum Gasteiger partial charge on any atom is 0.312 e. The van der Waals surface area contributed by atoms with Crippen LogP contribution < -0.4 is 16.4 Å². The molecule has 1 aromatic rings. The fourth-order valence-electron chi connectivity index (χ4n) is 1.76. The molecular weight excluding hydrogens is 204 g/mol. The van der Waals surface area contributed by atoms with Crippen molar-refractivity contribution < 1.29 is 4.79 Å². The second-order valence-electron chi connectivity index (χ2n) is 4.10. The zero-order valence-electron chi connectivity index (χ0n) is 9.29. The maximum atomic E-state index is 10.5. The summed E-state index contributed by atoms with van der Waals surface area (Å²) in [5, 5.41) is 5.82. The SMILES string of the molecule is CNC1(c2ccc(CNC(N)=O)cn2)CC1. The quantitative estimate of drug-likeness (QED) is 0.689. The number of nitrogens with zero attached hydrogens (tertiary/aromatic N) is 1. The van der Waals surface area contributed by atoms with Crippen LogP contribution in [0.5, 0.6) is 0 Å². The molecule has 0 aliphatic heterocycles. The number of pyridine rings is 1. The van der Waals surface area contributed by atoms with Gasteiger partial charge in [-0.05, 0) is 31.5 Å². The van der Waals surface area contributed by atoms with Crippen LogP contribution in [0.2, 0.25) is 0 Å². The van der Waals surface area contributed by atoms with E-state index in [-0.39, 0.29) is 5.54 Å². The molecule has 0 unspecified atom stereocenters. The van der Waals surface area contributed by atoms with Crippen molar-refractivity contribution >= 4 is 6.03 Å². The zero-order valence-corrected chi connectivity index (χ0v) is 9.29. The highest BCUT2D eigenvalue weighted by molar-refractivity contribution is 5.71. The summed E-state index contributed by atoms with van der Waals surface area (Å²) in [6.45, 7) is 0.426. The Labute approximate surface area is 94.4 Å². The number of aromatic nitrogens is 1. The van der Waals surface area contributed by atoms with Crippen molar-refractivity contribution in [2.24, 2.45) is 5.73 Å². The minimum absolute atomic E-state index is 0.0929. The van der Waals surface area contributed by atoms with E-state index in [2.05, 4.69) is 15.6 Å². The first-order valence-electron chi connectivity index (χ1n) is 5.34. The Kier molecular flexibility index (Phi) is 2.78. The van der Waals surface area contributed by atoms with E-state index in [9.17, 15) is 4.79 Å². The molecule has 5 heteroatoms. The molecule has 2 rings (SSSR count). The van der Waals surface area contributed by atoms with E-state index in [1.165, 1.54) is 0 Å². The number of primary amides is 1. The van der Waals surface area contributed by atoms with Gasteiger partial charge in [-0.1, -0.05) is 6.07 Å². The second-order valence-corrected chi connectivity index (χ2v) is 4.10. The Morgan fingerprint density at radius 1 is 1.56 bits per heavy atom. The van der Waals surface area contributed by atoms with Crippen LogP contribution in [0, 0.1) is 0 Å². The van der Waals surface area contributed by atoms with Gasteiger partial charge in [0.1, 0.15) is 0 Å². The summed E-state index contributed by atoms with van der Waals surface area (Å²) in [7, 11) is 1.96. The molecule has 1 aromatic heterocycles. The van der Waals surface area contributed by atoms with Crippen molar-refractivity contribution in [3.05, 3.63) is 29.6 Å². The van der Waals surface area contributed by atoms with E-state index in [0.717, 1.165) is 24.1 Å². The van der Waals surface area contributed by atoms with Gasteiger partial charge in [-0.25, -0.2) is 4.79 Å². The van der Waals surface area contributed by atoms with Gasteiger partial charge in [0.15, 0.2) is 0 Å². The average molecular weight is 220 g/mol. The maximum absolute atomic E-state index is 10.5. The van der Waals surface area contributed by atoms with Gasteiger partial charge in [-0.3, -0.25) is 4.98 Å². The molecule has 0 atom stereocenters. The molecule has 1 fully saturated rings. The van der Waals surface area contributed by atoms with Gasteiger partial charge in [-0.2, -0.15) is 0 Å². The van der Waals surface area contributed by atoms with Gasteiger partial charge in [0.05, 0.1) is 11.2 Å². The predicted octanol–water partition coefficient (Wildman–Crippen LogP) is 0.458. The summed E-state index contributed by atoms with van der Waals surface area (Å²) in [6.07, 6.45) is 4.05. The normalized spacial score (nSPS) is 16.8. The monoisotopic (exact) mass is 220 g/mol. The Morgan fingerprint density at radius 3 is 2.75 bits per heavy atom. The van der Waals surface area contributed by atoms with E-state index in [1.807, 2.05) is 19.2 Å². The minimum Gasteiger partial charge on any atom is -0.352 e. The van der Waals surface area contributed by atoms with E-state index >= 15 is 0 Å². The van der Waals surface area contributed by atoms with Gasteiger partial charge in [0.2, 0.25) is 0 Å². The molecule has 1 heterocycles. The highest BCUT2D eigenvalue weighted by Crippen LogP contribution is 2.43. The standard InChI is InChI=1S/C11H16N4O/c1-13-11(4-5-11)9-3-2-8(6-14-9)7-15-10(12)16/h2-3,6,13H,4-5,7H2,1H3,(H3,12,15,16). The topological polar surface area (TPSA) is 80.0 Å². The number of hydrogen-bond acceptors (Lipinski definition) is 3. The summed E-state index contributed by atoms with van der Waals surface area (Å²) in [5.74, 6) is 0. The van der Waals surface area contributed by atoms with E-state index in [0.29, 0.717) is 6.54 Å². The number of amides is 2. The van der Waals surface area contributed by atoms with Crippen LogP contribution in [0.4, 0.5) is 4.79 Å².